The number of hydrogen-bond acceptors (Lipinski definition) is 9. The number of carbonyl (C=O) groups is 3. The number of amides is 3. The number of aromatic nitrogens is 4. The van der Waals surface area contributed by atoms with Crippen LogP contribution in [0, 0.1) is 17.5 Å². The Morgan fingerprint density at radius 1 is 0.815 bits per heavy atom. The molecule has 1 unspecified atom stereocenters. The number of pyridine rings is 1. The van der Waals surface area contributed by atoms with Crippen molar-refractivity contribution in [3.63, 3.8) is 0 Å². The number of benzene rings is 2. The lowest BCUT2D eigenvalue weighted by atomic mass is 10.0. The van der Waals surface area contributed by atoms with Crippen molar-refractivity contribution in [2.24, 2.45) is 0 Å². The highest BCUT2D eigenvalue weighted by Crippen LogP contribution is 2.37. The summed E-state index contributed by atoms with van der Waals surface area (Å²) < 4.78 is 45.5. The Hall–Kier alpha value is -5.83. The van der Waals surface area contributed by atoms with E-state index in [0.717, 1.165) is 35.9 Å². The molecule has 0 bridgehead atoms. The van der Waals surface area contributed by atoms with Crippen molar-refractivity contribution >= 4 is 35.0 Å². The Kier molecular flexibility index (Phi) is 8.52. The van der Waals surface area contributed by atoms with Gasteiger partial charge in [0.15, 0.2) is 5.65 Å². The minimum Gasteiger partial charge on any atom is -0.354 e. The Morgan fingerprint density at radius 2 is 1.67 bits per heavy atom. The molecule has 3 saturated heterocycles. The first-order valence-corrected chi connectivity index (χ1v) is 18.2. The van der Waals surface area contributed by atoms with Gasteiger partial charge in [0.2, 0.25) is 11.8 Å². The van der Waals surface area contributed by atoms with Crippen LogP contribution in [0.3, 0.4) is 0 Å². The fourth-order valence-electron chi connectivity index (χ4n) is 8.29. The molecule has 3 amide bonds. The summed E-state index contributed by atoms with van der Waals surface area (Å²) in [6.07, 6.45) is 5.52. The standard InChI is InChI=1S/C39H36F3N9O3/c40-25-6-7-26(28(41)19-25)31-4-2-11-49(31)34-10-12-51-37(45-34)27(20-43-51)30-3-1-5-33(44-30)48-15-13-47(14-16-48)21-23-17-24-22-50(39(54)36(24)29(42)18-23)32-8-9-35(52)46-38(32)53/h1,3,5-7,10,12,17-20,31-32H,2,4,8-9,11,13-16,21-22H2,(H,46,52,53)/t31-,32?/m1/s1. The van der Waals surface area contributed by atoms with E-state index in [1.165, 1.54) is 23.1 Å². The lowest BCUT2D eigenvalue weighted by Crippen LogP contribution is -2.52. The Labute approximate surface area is 308 Å². The molecule has 5 aromatic rings. The summed E-state index contributed by atoms with van der Waals surface area (Å²) in [5.74, 6) is -1.68. The molecule has 0 spiro atoms. The number of halogens is 3. The van der Waals surface area contributed by atoms with Crippen LogP contribution in [0.4, 0.5) is 24.8 Å². The molecule has 15 heteroatoms. The van der Waals surface area contributed by atoms with Crippen molar-refractivity contribution in [1.29, 1.82) is 0 Å². The fourth-order valence-corrected chi connectivity index (χ4v) is 8.29. The van der Waals surface area contributed by atoms with E-state index >= 15 is 4.39 Å². The SMILES string of the molecule is O=C1CCC(N2Cc3cc(CN4CCN(c5cccc(-c6cnn7ccc(N8CCC[C@@H]8c8ccc(F)cc8F)nc67)n5)CC4)cc(F)c3C2=O)C(=O)N1. The van der Waals surface area contributed by atoms with Crippen molar-refractivity contribution in [3.05, 3.63) is 107 Å². The molecule has 4 aliphatic heterocycles. The van der Waals surface area contributed by atoms with E-state index in [-0.39, 0.29) is 36.9 Å². The van der Waals surface area contributed by atoms with Crippen molar-refractivity contribution in [2.75, 3.05) is 42.5 Å². The van der Waals surface area contributed by atoms with Gasteiger partial charge in [-0.1, -0.05) is 18.2 Å². The number of nitrogens with one attached hydrogen (secondary N) is 1. The summed E-state index contributed by atoms with van der Waals surface area (Å²) in [6, 6.07) is 13.6. The summed E-state index contributed by atoms with van der Waals surface area (Å²) in [6.45, 7) is 4.12. The van der Waals surface area contributed by atoms with Gasteiger partial charge in [-0.3, -0.25) is 24.6 Å². The molecular formula is C39H36F3N9O3. The predicted octanol–water partition coefficient (Wildman–Crippen LogP) is 4.63. The Bertz CT molecular complexity index is 2330. The van der Waals surface area contributed by atoms with Crippen LogP contribution in [0.5, 0.6) is 0 Å². The number of piperazine rings is 1. The smallest absolute Gasteiger partial charge is 0.258 e. The number of piperidine rings is 1. The second-order valence-corrected chi connectivity index (χ2v) is 14.3. The maximum atomic E-state index is 15.3. The van der Waals surface area contributed by atoms with Crippen molar-refractivity contribution in [2.45, 2.75) is 50.9 Å². The van der Waals surface area contributed by atoms with Gasteiger partial charge in [-0.15, -0.1) is 0 Å². The van der Waals surface area contributed by atoms with Crippen LogP contribution >= 0.6 is 0 Å². The molecule has 0 radical (unpaired) electrons. The number of hydrogen-bond donors (Lipinski definition) is 1. The molecule has 7 heterocycles. The summed E-state index contributed by atoms with van der Waals surface area (Å²) in [7, 11) is 0. The first kappa shape index (κ1) is 34.0. The van der Waals surface area contributed by atoms with Gasteiger partial charge in [0.1, 0.15) is 35.1 Å². The summed E-state index contributed by atoms with van der Waals surface area (Å²) in [5.41, 5.74) is 3.85. The van der Waals surface area contributed by atoms with Crippen LogP contribution in [0.25, 0.3) is 16.9 Å². The zero-order chi connectivity index (χ0) is 37.1. The maximum absolute atomic E-state index is 15.3. The molecule has 0 saturated carbocycles. The van der Waals surface area contributed by atoms with Crippen molar-refractivity contribution < 1.29 is 27.6 Å². The third kappa shape index (κ3) is 6.11. The molecule has 3 aromatic heterocycles. The van der Waals surface area contributed by atoms with Crippen molar-refractivity contribution in [3.8, 4) is 11.3 Å². The highest BCUT2D eigenvalue weighted by Gasteiger charge is 2.41. The van der Waals surface area contributed by atoms with Crippen LogP contribution in [-0.4, -0.2) is 85.9 Å². The number of imide groups is 1. The molecule has 2 aromatic carbocycles. The molecule has 54 heavy (non-hydrogen) atoms. The van der Waals surface area contributed by atoms with Gasteiger partial charge < -0.3 is 14.7 Å². The highest BCUT2D eigenvalue weighted by atomic mass is 19.1. The highest BCUT2D eigenvalue weighted by molar-refractivity contribution is 6.05. The number of rotatable bonds is 7. The lowest BCUT2D eigenvalue weighted by molar-refractivity contribution is -0.136. The van der Waals surface area contributed by atoms with Gasteiger partial charge in [0.25, 0.3) is 5.91 Å². The molecule has 4 aliphatic rings. The maximum Gasteiger partial charge on any atom is 0.258 e. The van der Waals surface area contributed by atoms with E-state index in [1.54, 1.807) is 10.7 Å². The first-order valence-electron chi connectivity index (χ1n) is 18.2. The van der Waals surface area contributed by atoms with Gasteiger partial charge in [-0.25, -0.2) is 27.7 Å². The topological polar surface area (TPSA) is 119 Å². The molecule has 9 rings (SSSR count). The van der Waals surface area contributed by atoms with Gasteiger partial charge in [0.05, 0.1) is 29.1 Å². The molecule has 276 valence electrons. The second-order valence-electron chi connectivity index (χ2n) is 14.3. The molecular weight excluding hydrogens is 699 g/mol. The van der Waals surface area contributed by atoms with E-state index in [1.807, 2.05) is 36.5 Å². The average molecular weight is 736 g/mol. The average Bonchev–Trinajstić information content (AvgIpc) is 3.89. The largest absolute Gasteiger partial charge is 0.354 e. The summed E-state index contributed by atoms with van der Waals surface area (Å²) in [4.78, 5) is 55.0. The summed E-state index contributed by atoms with van der Waals surface area (Å²) >= 11 is 0. The third-order valence-electron chi connectivity index (χ3n) is 11.0. The first-order chi connectivity index (χ1) is 26.2. The predicted molar refractivity (Wildman–Crippen MR) is 192 cm³/mol. The number of carbonyl (C=O) groups excluding carboxylic acids is 3. The molecule has 12 nitrogen and oxygen atoms in total. The second kappa shape index (κ2) is 13.5. The molecule has 0 aliphatic carbocycles. The van der Waals surface area contributed by atoms with Crippen LogP contribution in [0.2, 0.25) is 0 Å². The molecule has 2 atom stereocenters. The zero-order valence-corrected chi connectivity index (χ0v) is 29.2. The number of nitrogens with zero attached hydrogens (tertiary/aromatic N) is 8. The molecule has 1 N–H and O–H groups in total. The van der Waals surface area contributed by atoms with Gasteiger partial charge in [-0.05, 0) is 60.7 Å². The van der Waals surface area contributed by atoms with Crippen molar-refractivity contribution in [1.82, 2.24) is 34.7 Å². The normalized spacial score (nSPS) is 20.6. The van der Waals surface area contributed by atoms with E-state index in [0.29, 0.717) is 67.6 Å². The van der Waals surface area contributed by atoms with Crippen LogP contribution in [0.1, 0.15) is 58.8 Å². The zero-order valence-electron chi connectivity index (χ0n) is 29.2. The monoisotopic (exact) mass is 735 g/mol. The molecule has 3 fully saturated rings. The van der Waals surface area contributed by atoms with Crippen LogP contribution in [0.15, 0.2) is 67.0 Å². The van der Waals surface area contributed by atoms with Gasteiger partial charge in [0, 0.05) is 70.1 Å². The fraction of sp³-hybridized carbons (Fsp3) is 0.333. The van der Waals surface area contributed by atoms with E-state index in [2.05, 4.69) is 25.1 Å². The minimum absolute atomic E-state index is 0.00234. The van der Waals surface area contributed by atoms with Gasteiger partial charge in [-0.2, -0.15) is 5.10 Å². The van der Waals surface area contributed by atoms with E-state index < -0.39 is 35.3 Å². The number of anilines is 2. The lowest BCUT2D eigenvalue weighted by Gasteiger charge is -2.35. The van der Waals surface area contributed by atoms with E-state index in [9.17, 15) is 23.2 Å². The quantitative estimate of drug-likeness (QED) is 0.239. The number of fused-ring (bicyclic) bond motifs is 2. The Morgan fingerprint density at radius 3 is 2.48 bits per heavy atom. The minimum atomic E-state index is -0.795. The van der Waals surface area contributed by atoms with Gasteiger partial charge >= 0.3 is 0 Å². The summed E-state index contributed by atoms with van der Waals surface area (Å²) in [5, 5.41) is 6.80. The van der Waals surface area contributed by atoms with Crippen LogP contribution < -0.4 is 15.1 Å². The van der Waals surface area contributed by atoms with E-state index in [4.69, 9.17) is 9.97 Å². The third-order valence-corrected chi connectivity index (χ3v) is 11.0. The van der Waals surface area contributed by atoms with Crippen LogP contribution in [-0.2, 0) is 22.7 Å². The Balaban J connectivity index is 0.875.